The molecule has 0 radical (unpaired) electrons. The van der Waals surface area contributed by atoms with Crippen molar-refractivity contribution in [2.45, 2.75) is 230 Å². The van der Waals surface area contributed by atoms with Gasteiger partial charge in [0.2, 0.25) is 11.7 Å². The normalized spacial score (nSPS) is 18.6. The van der Waals surface area contributed by atoms with Crippen molar-refractivity contribution in [3.63, 3.8) is 0 Å². The van der Waals surface area contributed by atoms with Crippen molar-refractivity contribution in [3.05, 3.63) is 120 Å². The molecule has 442 valence electrons. The molecule has 0 saturated carbocycles. The summed E-state index contributed by atoms with van der Waals surface area (Å²) >= 11 is 0. The number of hydrogen-bond donors (Lipinski definition) is 3. The molecule has 0 spiro atoms. The van der Waals surface area contributed by atoms with Crippen molar-refractivity contribution in [3.8, 4) is 0 Å². The van der Waals surface area contributed by atoms with E-state index >= 15 is 0 Å². The molecule has 0 aromatic heterocycles. The predicted molar refractivity (Wildman–Crippen MR) is 306 cm³/mol. The third kappa shape index (κ3) is 25.9. The number of ether oxygens (including phenoxy) is 7. The molecule has 1 aliphatic rings. The van der Waals surface area contributed by atoms with E-state index in [1.54, 1.807) is 72.8 Å². The van der Waals surface area contributed by atoms with Gasteiger partial charge in [-0.3, -0.25) is 4.79 Å². The fraction of sp³-hybridized carbons (Fsp3) is 0.594. The van der Waals surface area contributed by atoms with E-state index in [4.69, 9.17) is 33.2 Å². The maximum Gasteiger partial charge on any atom is 0.506 e. The number of benzene rings is 3. The van der Waals surface area contributed by atoms with Gasteiger partial charge in [-0.15, -0.1) is 0 Å². The van der Waals surface area contributed by atoms with Crippen molar-refractivity contribution in [1.82, 2.24) is 5.32 Å². The minimum atomic E-state index is -2.26. The number of unbranched alkanes of at least 4 members (excludes halogenated alkanes) is 23. The number of carbonyl (C=O) groups is 6. The summed E-state index contributed by atoms with van der Waals surface area (Å²) in [5.41, 5.74) is 0.360. The lowest BCUT2D eigenvalue weighted by Crippen LogP contribution is -2.68. The maximum absolute atomic E-state index is 14.1. The quantitative estimate of drug-likeness (QED) is 0.0208. The zero-order valence-corrected chi connectivity index (χ0v) is 47.8. The van der Waals surface area contributed by atoms with Gasteiger partial charge in [-0.05, 0) is 68.7 Å². The van der Waals surface area contributed by atoms with E-state index in [1.165, 1.54) is 128 Å². The van der Waals surface area contributed by atoms with Gasteiger partial charge in [-0.1, -0.05) is 216 Å². The van der Waals surface area contributed by atoms with Gasteiger partial charge in [0.25, 0.3) is 0 Å². The molecule has 1 saturated heterocycles. The summed E-state index contributed by atoms with van der Waals surface area (Å²) in [5, 5.41) is 22.7. The lowest BCUT2D eigenvalue weighted by Gasteiger charge is -2.49. The minimum Gasteiger partial charge on any atom is -0.452 e. The van der Waals surface area contributed by atoms with Crippen LogP contribution in [0.2, 0.25) is 0 Å². The van der Waals surface area contributed by atoms with Gasteiger partial charge in [0.1, 0.15) is 18.8 Å². The highest BCUT2D eigenvalue weighted by Gasteiger charge is 2.60. The largest absolute Gasteiger partial charge is 0.506 e. The first kappa shape index (κ1) is 66.3. The molecule has 1 amide bonds. The van der Waals surface area contributed by atoms with Crippen molar-refractivity contribution in [2.75, 3.05) is 13.2 Å². The third-order valence-electron chi connectivity index (χ3n) is 14.3. The lowest BCUT2D eigenvalue weighted by atomic mass is 9.92. The van der Waals surface area contributed by atoms with E-state index in [-0.39, 0.29) is 29.0 Å². The number of hydrogen-bond acceptors (Lipinski definition) is 13. The summed E-state index contributed by atoms with van der Waals surface area (Å²) < 4.78 is 41.7. The molecule has 1 aliphatic heterocycles. The first-order valence-corrected chi connectivity index (χ1v) is 29.7. The topological polar surface area (TPSA) is 220 Å². The summed E-state index contributed by atoms with van der Waals surface area (Å²) in [6.07, 6.45) is 20.1. The molecular weight excluding hydrogens is 1020 g/mol. The van der Waals surface area contributed by atoms with Crippen molar-refractivity contribution < 1.29 is 72.1 Å². The van der Waals surface area contributed by atoms with Crippen molar-refractivity contribution >= 4 is 36.1 Å². The Hall–Kier alpha value is -6.26. The van der Waals surface area contributed by atoms with Gasteiger partial charge < -0.3 is 48.7 Å². The van der Waals surface area contributed by atoms with Crippen LogP contribution in [0.4, 0.5) is 9.59 Å². The first-order valence-electron chi connectivity index (χ1n) is 29.7. The Morgan fingerprint density at radius 1 is 0.550 bits per heavy atom. The SMILES string of the molecule is CCCCCCCCCCCCCC=CC(OC(=O)c1ccccc1)C(CO[C@@]1(C)O[C@H](COC(=O)O)[C@H](OC(=O)O)[C@H](OC(=O)c2ccccc2)[C@H]1OC(=O)c1ccccc1)NC(=O)CCCCCCCCCCCCCCC. The van der Waals surface area contributed by atoms with Gasteiger partial charge >= 0.3 is 30.2 Å². The number of amides is 1. The Labute approximate surface area is 475 Å². The maximum atomic E-state index is 14.1. The monoisotopic (exact) mass is 1110 g/mol. The van der Waals surface area contributed by atoms with Crippen LogP contribution in [0.15, 0.2) is 103 Å². The van der Waals surface area contributed by atoms with Crippen LogP contribution in [-0.4, -0.2) is 102 Å². The molecule has 1 fully saturated rings. The Bertz CT molecular complexity index is 2240. The van der Waals surface area contributed by atoms with Gasteiger partial charge in [-0.2, -0.15) is 0 Å². The highest BCUT2D eigenvalue weighted by Crippen LogP contribution is 2.38. The highest BCUT2D eigenvalue weighted by molar-refractivity contribution is 5.91. The first-order chi connectivity index (χ1) is 38.8. The van der Waals surface area contributed by atoms with Crippen LogP contribution < -0.4 is 5.32 Å². The smallest absolute Gasteiger partial charge is 0.452 e. The van der Waals surface area contributed by atoms with E-state index in [0.29, 0.717) is 12.8 Å². The van der Waals surface area contributed by atoms with Crippen LogP contribution in [0.1, 0.15) is 219 Å². The van der Waals surface area contributed by atoms with E-state index in [9.17, 15) is 39.0 Å². The second-order valence-electron chi connectivity index (χ2n) is 21.0. The fourth-order valence-corrected chi connectivity index (χ4v) is 9.84. The summed E-state index contributed by atoms with van der Waals surface area (Å²) in [5.74, 6) is -5.21. The van der Waals surface area contributed by atoms with Crippen molar-refractivity contribution in [1.29, 1.82) is 0 Å². The van der Waals surface area contributed by atoms with E-state index in [1.807, 2.05) is 6.08 Å². The molecule has 16 heteroatoms. The summed E-state index contributed by atoms with van der Waals surface area (Å²) in [7, 11) is 0. The van der Waals surface area contributed by atoms with E-state index in [2.05, 4.69) is 19.2 Å². The highest BCUT2D eigenvalue weighted by atomic mass is 16.8. The van der Waals surface area contributed by atoms with E-state index in [0.717, 1.165) is 51.4 Å². The Kier molecular flexibility index (Phi) is 32.5. The zero-order chi connectivity index (χ0) is 57.6. The standard InChI is InChI=1S/C64H91NO15/c1-4-6-8-10-12-14-16-18-20-22-24-26-37-45-53(76-59(67)49-39-31-28-32-40-49)52(65-55(66)46-38-27-25-23-21-19-17-15-13-11-9-7-5-2)47-75-64(3)58(79-61(69)51-43-35-30-36-44-51)57(77-60(68)50-41-33-29-34-42-50)56(78-63(72)73)54(80-64)48-74-62(70)71/h28-37,39-45,52-54,56-58H,4-27,38,46-48H2,1-3H3,(H,65,66)(H,70,71)(H,72,73)/t52?,53?,54-,56+,57+,58-,64+/m1/s1. The molecule has 1 heterocycles. The van der Waals surface area contributed by atoms with Crippen LogP contribution in [0.5, 0.6) is 0 Å². The molecule has 3 N–H and O–H groups in total. The second kappa shape index (κ2) is 39.2. The van der Waals surface area contributed by atoms with E-state index < -0.39 is 85.8 Å². The molecule has 0 aliphatic carbocycles. The van der Waals surface area contributed by atoms with Gasteiger partial charge in [-0.25, -0.2) is 24.0 Å². The number of allylic oxidation sites excluding steroid dienone is 1. The molecule has 16 nitrogen and oxygen atoms in total. The molecule has 80 heavy (non-hydrogen) atoms. The average molecular weight is 1110 g/mol. The molecule has 3 aromatic carbocycles. The minimum absolute atomic E-state index is 0.0384. The number of carbonyl (C=O) groups excluding carboxylic acids is 4. The average Bonchev–Trinajstić information content (AvgIpc) is 3.45. The second-order valence-corrected chi connectivity index (χ2v) is 21.0. The Morgan fingerprint density at radius 2 is 0.988 bits per heavy atom. The van der Waals surface area contributed by atoms with Crippen molar-refractivity contribution in [2.24, 2.45) is 0 Å². The summed E-state index contributed by atoms with van der Waals surface area (Å²) in [4.78, 5) is 80.4. The van der Waals surface area contributed by atoms with Crippen LogP contribution in [-0.2, 0) is 38.0 Å². The molecule has 4 rings (SSSR count). The summed E-state index contributed by atoms with van der Waals surface area (Å²) in [6.45, 7) is 4.42. The number of rotatable bonds is 41. The molecule has 0 bridgehead atoms. The van der Waals surface area contributed by atoms with Crippen LogP contribution in [0.25, 0.3) is 0 Å². The molecule has 7 atom stereocenters. The van der Waals surface area contributed by atoms with Crippen LogP contribution >= 0.6 is 0 Å². The molecular formula is C64H91NO15. The van der Waals surface area contributed by atoms with Gasteiger partial charge in [0, 0.05) is 6.42 Å². The Balaban J connectivity index is 1.66. The number of carboxylic acid groups (broad SMARTS) is 2. The fourth-order valence-electron chi connectivity index (χ4n) is 9.84. The van der Waals surface area contributed by atoms with Gasteiger partial charge in [0.15, 0.2) is 18.3 Å². The number of nitrogens with one attached hydrogen (secondary N) is 1. The zero-order valence-electron chi connectivity index (χ0n) is 47.8. The van der Waals surface area contributed by atoms with Crippen LogP contribution in [0, 0.1) is 0 Å². The Morgan fingerprint density at radius 3 is 1.45 bits per heavy atom. The number of esters is 3. The van der Waals surface area contributed by atoms with Crippen LogP contribution in [0.3, 0.4) is 0 Å². The lowest BCUT2D eigenvalue weighted by molar-refractivity contribution is -0.355. The van der Waals surface area contributed by atoms with Gasteiger partial charge in [0.05, 0.1) is 29.3 Å². The predicted octanol–water partition coefficient (Wildman–Crippen LogP) is 14.8. The molecule has 2 unspecified atom stereocenters. The third-order valence-corrected chi connectivity index (χ3v) is 14.3. The summed E-state index contributed by atoms with van der Waals surface area (Å²) in [6, 6.07) is 22.8. The molecule has 3 aromatic rings.